The zero-order chi connectivity index (χ0) is 19.6. The maximum atomic E-state index is 4.06. The molecule has 0 atom stereocenters. The maximum Gasteiger partial charge on any atom is 0.0402 e. The lowest BCUT2D eigenvalue weighted by Gasteiger charge is -2.34. The van der Waals surface area contributed by atoms with Crippen LogP contribution in [-0.2, 0) is 0 Å². The van der Waals surface area contributed by atoms with Gasteiger partial charge >= 0.3 is 0 Å². The summed E-state index contributed by atoms with van der Waals surface area (Å²) in [6.07, 6.45) is 14.1. The first-order chi connectivity index (χ1) is 13.1. The third kappa shape index (κ3) is 5.63. The molecule has 1 fully saturated rings. The van der Waals surface area contributed by atoms with Crippen molar-refractivity contribution in [1.29, 1.82) is 0 Å². The van der Waals surface area contributed by atoms with Crippen LogP contribution < -0.4 is 10.2 Å². The zero-order valence-corrected chi connectivity index (χ0v) is 17.4. The fourth-order valence-corrected chi connectivity index (χ4v) is 3.87. The monoisotopic (exact) mass is 364 g/mol. The Morgan fingerprint density at radius 3 is 2.56 bits per heavy atom. The molecule has 2 nitrogen and oxygen atoms in total. The summed E-state index contributed by atoms with van der Waals surface area (Å²) in [5.74, 6) is 0.897. The van der Waals surface area contributed by atoms with E-state index in [9.17, 15) is 0 Å². The second-order valence-electron chi connectivity index (χ2n) is 7.38. The number of nitrogens with zero attached hydrogens (tertiary/aromatic N) is 1. The fraction of sp³-hybridized carbons (Fsp3) is 0.440. The molecule has 1 aromatic rings. The standard InChI is InChI=1S/C25H36N2/c1-6-9-11-23(26-5)15-14-22(8-3)24-12-10-13-25(20(24)4)27-18-16-21(7-2)17-19-27/h6,8,10,12-15,21,26H,1,3,7,9,11,16-19H2,2,4-5H3/b22-14+,23-15+. The van der Waals surface area contributed by atoms with E-state index in [0.29, 0.717) is 0 Å². The van der Waals surface area contributed by atoms with Gasteiger partial charge in [-0.3, -0.25) is 0 Å². The lowest BCUT2D eigenvalue weighted by molar-refractivity contribution is 0.395. The van der Waals surface area contributed by atoms with Crippen LogP contribution in [0.25, 0.3) is 5.57 Å². The van der Waals surface area contributed by atoms with Crippen LogP contribution in [0.2, 0.25) is 0 Å². The number of benzene rings is 1. The summed E-state index contributed by atoms with van der Waals surface area (Å²) in [6, 6.07) is 6.66. The van der Waals surface area contributed by atoms with E-state index in [2.05, 4.69) is 67.6 Å². The molecule has 1 aliphatic heterocycles. The van der Waals surface area contributed by atoms with Gasteiger partial charge in [-0.2, -0.15) is 0 Å². The summed E-state index contributed by atoms with van der Waals surface area (Å²) in [5.41, 5.74) is 6.38. The molecule has 0 aromatic heterocycles. The summed E-state index contributed by atoms with van der Waals surface area (Å²) in [7, 11) is 1.97. The second kappa shape index (κ2) is 10.8. The number of hydrogen-bond donors (Lipinski definition) is 1. The van der Waals surface area contributed by atoms with Crippen molar-refractivity contribution in [2.24, 2.45) is 5.92 Å². The van der Waals surface area contributed by atoms with Crippen molar-refractivity contribution in [2.45, 2.75) is 46.0 Å². The van der Waals surface area contributed by atoms with E-state index in [1.807, 2.05) is 19.2 Å². The molecule has 0 radical (unpaired) electrons. The molecule has 0 aliphatic carbocycles. The summed E-state index contributed by atoms with van der Waals surface area (Å²) >= 11 is 0. The predicted octanol–water partition coefficient (Wildman–Crippen LogP) is 6.26. The molecule has 0 bridgehead atoms. The number of anilines is 1. The number of rotatable bonds is 9. The minimum atomic E-state index is 0.897. The van der Waals surface area contributed by atoms with Crippen LogP contribution in [0, 0.1) is 12.8 Å². The fourth-order valence-electron chi connectivity index (χ4n) is 3.87. The molecule has 27 heavy (non-hydrogen) atoms. The third-order valence-corrected chi connectivity index (χ3v) is 5.77. The first kappa shape index (κ1) is 21.1. The highest BCUT2D eigenvalue weighted by Crippen LogP contribution is 2.32. The van der Waals surface area contributed by atoms with Crippen LogP contribution in [0.4, 0.5) is 5.69 Å². The highest BCUT2D eigenvalue weighted by molar-refractivity contribution is 5.80. The molecule has 0 amide bonds. The van der Waals surface area contributed by atoms with Gasteiger partial charge in [0.1, 0.15) is 0 Å². The van der Waals surface area contributed by atoms with Crippen LogP contribution in [0.15, 0.2) is 61.4 Å². The molecule has 1 saturated heterocycles. The first-order valence-corrected chi connectivity index (χ1v) is 10.3. The minimum absolute atomic E-state index is 0.897. The SMILES string of the molecule is C=CCC/C(=C\C=C(/C=C)c1cccc(N2CCC(CC)CC2)c1C)NC. The molecule has 146 valence electrons. The molecule has 1 heterocycles. The summed E-state index contributed by atoms with van der Waals surface area (Å²) in [6.45, 7) is 14.8. The summed E-state index contributed by atoms with van der Waals surface area (Å²) < 4.78 is 0. The average Bonchev–Trinajstić information content (AvgIpc) is 2.71. The van der Waals surface area contributed by atoms with Crippen LogP contribution in [-0.4, -0.2) is 20.1 Å². The normalized spacial score (nSPS) is 16.3. The van der Waals surface area contributed by atoms with Crippen LogP contribution in [0.1, 0.15) is 50.2 Å². The van der Waals surface area contributed by atoms with Gasteiger partial charge in [0.15, 0.2) is 0 Å². The predicted molar refractivity (Wildman–Crippen MR) is 121 cm³/mol. The van der Waals surface area contributed by atoms with E-state index in [-0.39, 0.29) is 0 Å². The average molecular weight is 365 g/mol. The van der Waals surface area contributed by atoms with E-state index in [1.54, 1.807) is 0 Å². The van der Waals surface area contributed by atoms with Crippen molar-refractivity contribution in [3.8, 4) is 0 Å². The van der Waals surface area contributed by atoms with Gasteiger partial charge in [-0.05, 0) is 67.4 Å². The topological polar surface area (TPSA) is 15.3 Å². The number of allylic oxidation sites excluding steroid dienone is 6. The molecular formula is C25H36N2. The van der Waals surface area contributed by atoms with Crippen LogP contribution in [0.5, 0.6) is 0 Å². The Balaban J connectivity index is 2.26. The molecular weight excluding hydrogens is 328 g/mol. The first-order valence-electron chi connectivity index (χ1n) is 10.3. The smallest absolute Gasteiger partial charge is 0.0402 e. The van der Waals surface area contributed by atoms with Gasteiger partial charge in [-0.1, -0.05) is 50.3 Å². The van der Waals surface area contributed by atoms with Crippen molar-refractivity contribution in [3.63, 3.8) is 0 Å². The van der Waals surface area contributed by atoms with E-state index < -0.39 is 0 Å². The molecule has 1 aromatic carbocycles. The summed E-state index contributed by atoms with van der Waals surface area (Å²) in [4.78, 5) is 2.56. The molecule has 0 spiro atoms. The van der Waals surface area contributed by atoms with Gasteiger partial charge in [-0.25, -0.2) is 0 Å². The van der Waals surface area contributed by atoms with Crippen molar-refractivity contribution in [3.05, 3.63) is 72.5 Å². The zero-order valence-electron chi connectivity index (χ0n) is 17.4. The molecule has 0 saturated carbocycles. The lowest BCUT2D eigenvalue weighted by Crippen LogP contribution is -2.34. The Morgan fingerprint density at radius 1 is 1.22 bits per heavy atom. The van der Waals surface area contributed by atoms with E-state index in [0.717, 1.165) is 18.8 Å². The van der Waals surface area contributed by atoms with Crippen LogP contribution >= 0.6 is 0 Å². The Morgan fingerprint density at radius 2 is 1.96 bits per heavy atom. The molecule has 1 N–H and O–H groups in total. The molecule has 2 heteroatoms. The number of nitrogens with one attached hydrogen (secondary N) is 1. The van der Waals surface area contributed by atoms with Gasteiger partial charge in [0.25, 0.3) is 0 Å². The lowest BCUT2D eigenvalue weighted by atomic mass is 9.92. The Kier molecular flexibility index (Phi) is 8.44. The summed E-state index contributed by atoms with van der Waals surface area (Å²) in [5, 5.41) is 3.28. The Labute approximate surface area is 166 Å². The largest absolute Gasteiger partial charge is 0.391 e. The highest BCUT2D eigenvalue weighted by atomic mass is 15.1. The molecule has 1 aliphatic rings. The van der Waals surface area contributed by atoms with Gasteiger partial charge in [-0.15, -0.1) is 6.58 Å². The van der Waals surface area contributed by atoms with Crippen molar-refractivity contribution in [2.75, 3.05) is 25.0 Å². The van der Waals surface area contributed by atoms with E-state index in [1.165, 1.54) is 60.4 Å². The minimum Gasteiger partial charge on any atom is -0.391 e. The molecule has 0 unspecified atom stereocenters. The second-order valence-corrected chi connectivity index (χ2v) is 7.38. The van der Waals surface area contributed by atoms with Gasteiger partial charge < -0.3 is 10.2 Å². The molecule has 2 rings (SSSR count). The van der Waals surface area contributed by atoms with Crippen molar-refractivity contribution in [1.82, 2.24) is 5.32 Å². The Hall–Kier alpha value is -2.22. The van der Waals surface area contributed by atoms with Crippen molar-refractivity contribution >= 4 is 11.3 Å². The quantitative estimate of drug-likeness (QED) is 0.411. The highest BCUT2D eigenvalue weighted by Gasteiger charge is 2.20. The maximum absolute atomic E-state index is 4.06. The van der Waals surface area contributed by atoms with E-state index in [4.69, 9.17) is 0 Å². The van der Waals surface area contributed by atoms with Crippen LogP contribution in [0.3, 0.4) is 0 Å². The van der Waals surface area contributed by atoms with E-state index >= 15 is 0 Å². The Bertz CT molecular complexity index is 688. The van der Waals surface area contributed by atoms with Gasteiger partial charge in [0.2, 0.25) is 0 Å². The van der Waals surface area contributed by atoms with Crippen molar-refractivity contribution < 1.29 is 0 Å². The van der Waals surface area contributed by atoms with Gasteiger partial charge in [0.05, 0.1) is 0 Å². The van der Waals surface area contributed by atoms with Gasteiger partial charge in [0, 0.05) is 31.5 Å². The number of piperidine rings is 1. The third-order valence-electron chi connectivity index (χ3n) is 5.77. The number of hydrogen-bond acceptors (Lipinski definition) is 2.